The average Bonchev–Trinajstić information content (AvgIpc) is 2.84. The highest BCUT2D eigenvalue weighted by molar-refractivity contribution is 7.89. The van der Waals surface area contributed by atoms with Gasteiger partial charge in [0.2, 0.25) is 16.0 Å². The van der Waals surface area contributed by atoms with Gasteiger partial charge in [-0.3, -0.25) is 14.6 Å². The number of carbonyl (C=O) groups excluding carboxylic acids is 1. The lowest BCUT2D eigenvalue weighted by Crippen LogP contribution is -2.48. The monoisotopic (exact) mass is 517 g/mol. The lowest BCUT2D eigenvalue weighted by Gasteiger charge is -2.33. The van der Waals surface area contributed by atoms with E-state index in [9.17, 15) is 18.0 Å². The maximum absolute atomic E-state index is 13.2. The van der Waals surface area contributed by atoms with Crippen LogP contribution in [0.1, 0.15) is 67.3 Å². The first-order valence-corrected chi connectivity index (χ1v) is 13.9. The minimum atomic E-state index is -3.68. The molecule has 2 aromatic rings. The van der Waals surface area contributed by atoms with Crippen LogP contribution in [0.25, 0.3) is 0 Å². The summed E-state index contributed by atoms with van der Waals surface area (Å²) < 4.78 is 27.9. The first-order valence-electron chi connectivity index (χ1n) is 12.4. The molecule has 4 rings (SSSR count). The summed E-state index contributed by atoms with van der Waals surface area (Å²) in [6.45, 7) is 3.17. The maximum Gasteiger partial charge on any atom is 0.267 e. The fourth-order valence-corrected chi connectivity index (χ4v) is 6.39. The van der Waals surface area contributed by atoms with E-state index in [4.69, 9.17) is 11.5 Å². The van der Waals surface area contributed by atoms with Gasteiger partial charge >= 0.3 is 0 Å². The Morgan fingerprint density at radius 2 is 1.81 bits per heavy atom. The lowest BCUT2D eigenvalue weighted by atomic mass is 9.82. The number of amides is 1. The topological polar surface area (TPSA) is 176 Å². The number of carbonyl (C=O) groups is 1. The number of sulfonamides is 1. The Kier molecular flexibility index (Phi) is 7.67. The number of aromatic amines is 1. The van der Waals surface area contributed by atoms with Crippen molar-refractivity contribution in [1.29, 1.82) is 0 Å². The zero-order valence-electron chi connectivity index (χ0n) is 20.6. The lowest BCUT2D eigenvalue weighted by molar-refractivity contribution is 0.0999. The third-order valence-corrected chi connectivity index (χ3v) is 8.93. The number of nitrogens with two attached hydrogens (primary N) is 2. The Bertz CT molecular complexity index is 1280. The van der Waals surface area contributed by atoms with E-state index < -0.39 is 27.0 Å². The van der Waals surface area contributed by atoms with Crippen molar-refractivity contribution in [3.63, 3.8) is 0 Å². The third kappa shape index (κ3) is 5.71. The second-order valence-electron chi connectivity index (χ2n) is 9.85. The van der Waals surface area contributed by atoms with Gasteiger partial charge in [-0.15, -0.1) is 0 Å². The Hall–Kier alpha value is -2.96. The summed E-state index contributed by atoms with van der Waals surface area (Å²) in [4.78, 5) is 31.9. The van der Waals surface area contributed by atoms with Gasteiger partial charge in [0, 0.05) is 30.9 Å². The number of hydrogen-bond acceptors (Lipinski definition) is 8. The SMILES string of the molecule is Cc1ccc(S(=O)(=O)N2CCCCC2)cc1Nc1nc(NCC2(N)CCCCC2)[nH]c(=O)c1C(N)=O. The van der Waals surface area contributed by atoms with Crippen LogP contribution in [0, 0.1) is 6.92 Å². The van der Waals surface area contributed by atoms with Gasteiger partial charge in [0.1, 0.15) is 5.56 Å². The number of anilines is 3. The number of hydrogen-bond donors (Lipinski definition) is 5. The van der Waals surface area contributed by atoms with Gasteiger partial charge in [-0.25, -0.2) is 8.42 Å². The number of rotatable bonds is 8. The largest absolute Gasteiger partial charge is 0.365 e. The van der Waals surface area contributed by atoms with Crippen LogP contribution in [-0.2, 0) is 10.0 Å². The Morgan fingerprint density at radius 3 is 2.47 bits per heavy atom. The minimum Gasteiger partial charge on any atom is -0.365 e. The Morgan fingerprint density at radius 1 is 1.14 bits per heavy atom. The first kappa shape index (κ1) is 26.1. The van der Waals surface area contributed by atoms with Crippen LogP contribution in [0.15, 0.2) is 27.9 Å². The molecule has 1 aromatic heterocycles. The highest BCUT2D eigenvalue weighted by Crippen LogP contribution is 2.28. The van der Waals surface area contributed by atoms with E-state index in [1.54, 1.807) is 19.1 Å². The fraction of sp³-hybridized carbons (Fsp3) is 0.542. The highest BCUT2D eigenvalue weighted by Gasteiger charge is 2.29. The minimum absolute atomic E-state index is 0.0564. The summed E-state index contributed by atoms with van der Waals surface area (Å²) in [5.74, 6) is -0.855. The molecule has 2 heterocycles. The molecule has 12 heteroatoms. The second-order valence-corrected chi connectivity index (χ2v) is 11.8. The van der Waals surface area contributed by atoms with Crippen LogP contribution in [-0.4, -0.2) is 53.8 Å². The smallest absolute Gasteiger partial charge is 0.267 e. The third-order valence-electron chi connectivity index (χ3n) is 7.04. The molecule has 196 valence electrons. The van der Waals surface area contributed by atoms with E-state index >= 15 is 0 Å². The fourth-order valence-electron chi connectivity index (χ4n) is 4.85. The molecule has 36 heavy (non-hydrogen) atoms. The molecule has 11 nitrogen and oxygen atoms in total. The molecule has 0 atom stereocenters. The van der Waals surface area contributed by atoms with E-state index in [-0.39, 0.29) is 22.2 Å². The van der Waals surface area contributed by atoms with Crippen molar-refractivity contribution in [3.8, 4) is 0 Å². The summed E-state index contributed by atoms with van der Waals surface area (Å²) in [7, 11) is -3.68. The number of benzene rings is 1. The van der Waals surface area contributed by atoms with Crippen molar-refractivity contribution in [2.45, 2.75) is 68.7 Å². The average molecular weight is 518 g/mol. The second kappa shape index (κ2) is 10.6. The molecule has 7 N–H and O–H groups in total. The number of piperidine rings is 1. The van der Waals surface area contributed by atoms with Gasteiger partial charge in [0.05, 0.1) is 4.90 Å². The van der Waals surface area contributed by atoms with E-state index in [1.807, 2.05) is 0 Å². The summed E-state index contributed by atoms with van der Waals surface area (Å²) in [5, 5.41) is 6.08. The molecule has 1 saturated carbocycles. The molecule has 2 fully saturated rings. The Balaban J connectivity index is 1.64. The van der Waals surface area contributed by atoms with Gasteiger partial charge < -0.3 is 22.1 Å². The van der Waals surface area contributed by atoms with Crippen molar-refractivity contribution in [3.05, 3.63) is 39.7 Å². The van der Waals surface area contributed by atoms with Gasteiger partial charge in [0.25, 0.3) is 11.5 Å². The number of nitrogens with zero attached hydrogens (tertiary/aromatic N) is 2. The quantitative estimate of drug-likeness (QED) is 0.354. The predicted molar refractivity (Wildman–Crippen MR) is 139 cm³/mol. The van der Waals surface area contributed by atoms with Gasteiger partial charge in [0.15, 0.2) is 5.82 Å². The molecule has 1 aromatic carbocycles. The number of nitrogens with one attached hydrogen (secondary N) is 3. The zero-order valence-corrected chi connectivity index (χ0v) is 21.4. The summed E-state index contributed by atoms with van der Waals surface area (Å²) in [5.41, 5.74) is 11.6. The van der Waals surface area contributed by atoms with Crippen molar-refractivity contribution in [2.24, 2.45) is 11.5 Å². The standard InChI is InChI=1S/C24H35N7O4S/c1-16-8-9-17(36(34,35)31-12-6-3-7-13-31)14-18(16)28-21-19(20(25)32)22(33)30-23(29-21)27-15-24(26)10-4-2-5-11-24/h8-9,14H,2-7,10-13,15,26H2,1H3,(H2,25,32)(H3,27,28,29,30,33). The van der Waals surface area contributed by atoms with E-state index in [0.29, 0.717) is 30.9 Å². The van der Waals surface area contributed by atoms with Gasteiger partial charge in [-0.2, -0.15) is 9.29 Å². The number of aromatic nitrogens is 2. The summed E-state index contributed by atoms with van der Waals surface area (Å²) >= 11 is 0. The van der Waals surface area contributed by atoms with Crippen molar-refractivity contribution in [1.82, 2.24) is 14.3 Å². The Labute approximate surface area is 211 Å². The molecule has 0 unspecified atom stereocenters. The van der Waals surface area contributed by atoms with Crippen LogP contribution in [0.5, 0.6) is 0 Å². The van der Waals surface area contributed by atoms with Crippen LogP contribution in [0.2, 0.25) is 0 Å². The molecule has 1 aliphatic heterocycles. The molecular weight excluding hydrogens is 482 g/mol. The predicted octanol–water partition coefficient (Wildman–Crippen LogP) is 2.17. The van der Waals surface area contributed by atoms with Crippen LogP contribution >= 0.6 is 0 Å². The number of aryl methyl sites for hydroxylation is 1. The number of primary amides is 1. The zero-order chi connectivity index (χ0) is 25.9. The van der Waals surface area contributed by atoms with Crippen molar-refractivity contribution in [2.75, 3.05) is 30.3 Å². The van der Waals surface area contributed by atoms with Crippen molar-refractivity contribution < 1.29 is 13.2 Å². The van der Waals surface area contributed by atoms with E-state index in [2.05, 4.69) is 20.6 Å². The van der Waals surface area contributed by atoms with Crippen LogP contribution in [0.3, 0.4) is 0 Å². The van der Waals surface area contributed by atoms with Crippen LogP contribution < -0.4 is 27.7 Å². The van der Waals surface area contributed by atoms with Crippen LogP contribution in [0.4, 0.5) is 17.5 Å². The highest BCUT2D eigenvalue weighted by atomic mass is 32.2. The molecule has 0 spiro atoms. The van der Waals surface area contributed by atoms with Gasteiger partial charge in [-0.05, 0) is 50.3 Å². The number of H-pyrrole nitrogens is 1. The first-order chi connectivity index (χ1) is 17.1. The normalized spacial score (nSPS) is 18.5. The molecule has 1 saturated heterocycles. The van der Waals surface area contributed by atoms with Crippen molar-refractivity contribution >= 4 is 33.4 Å². The van der Waals surface area contributed by atoms with Gasteiger partial charge in [-0.1, -0.05) is 31.7 Å². The molecule has 0 radical (unpaired) electrons. The molecule has 0 bridgehead atoms. The van der Waals surface area contributed by atoms with E-state index in [1.165, 1.54) is 10.4 Å². The summed E-state index contributed by atoms with van der Waals surface area (Å²) in [6, 6.07) is 4.73. The summed E-state index contributed by atoms with van der Waals surface area (Å²) in [6.07, 6.45) is 7.65. The molecular formula is C24H35N7O4S. The molecule has 1 amide bonds. The van der Waals surface area contributed by atoms with E-state index in [0.717, 1.165) is 51.4 Å². The molecule has 1 aliphatic carbocycles. The molecule has 2 aliphatic rings. The maximum atomic E-state index is 13.2.